The standard InChI is InChI=1S/C27H49NO3S2/c1-3-5-6-7-8-9-10-11-12-13-14-15-16-17-18-19-21-28-25(29)24(26(30)31-4-2)27-32-22-20-23-33-27/h3-23H2,1-2H3,(H,28,29). The predicted octanol–water partition coefficient (Wildman–Crippen LogP) is 8.01. The first-order valence-corrected chi connectivity index (χ1v) is 15.6. The molecule has 0 aromatic heterocycles. The van der Waals surface area contributed by atoms with Crippen molar-refractivity contribution >= 4 is 35.4 Å². The highest BCUT2D eigenvalue weighted by atomic mass is 32.2. The van der Waals surface area contributed by atoms with E-state index in [1.165, 1.54) is 89.9 Å². The summed E-state index contributed by atoms with van der Waals surface area (Å²) in [6.45, 7) is 4.97. The van der Waals surface area contributed by atoms with E-state index in [2.05, 4.69) is 12.2 Å². The van der Waals surface area contributed by atoms with E-state index >= 15 is 0 Å². The number of unbranched alkanes of at least 4 members (excludes halogenated alkanes) is 15. The molecule has 0 aliphatic carbocycles. The summed E-state index contributed by atoms with van der Waals surface area (Å²) in [6, 6.07) is 0. The second-order valence-corrected chi connectivity index (χ2v) is 11.5. The normalized spacial score (nSPS) is 13.7. The number of thioether (sulfide) groups is 2. The summed E-state index contributed by atoms with van der Waals surface area (Å²) in [5.41, 5.74) is 0.211. The fourth-order valence-corrected chi connectivity index (χ4v) is 6.62. The minimum absolute atomic E-state index is 0.211. The van der Waals surface area contributed by atoms with Gasteiger partial charge in [-0.05, 0) is 31.3 Å². The fourth-order valence-electron chi connectivity index (χ4n) is 4.01. The third-order valence-electron chi connectivity index (χ3n) is 5.98. The van der Waals surface area contributed by atoms with Gasteiger partial charge in [0, 0.05) is 6.54 Å². The Hall–Kier alpha value is -0.620. The van der Waals surface area contributed by atoms with Crippen LogP contribution in [0, 0.1) is 0 Å². The van der Waals surface area contributed by atoms with Crippen LogP contribution in [0.5, 0.6) is 0 Å². The Morgan fingerprint density at radius 2 is 1.18 bits per heavy atom. The number of rotatable bonds is 20. The van der Waals surface area contributed by atoms with Crippen LogP contribution in [-0.4, -0.2) is 36.5 Å². The van der Waals surface area contributed by atoms with Crippen LogP contribution in [0.1, 0.15) is 123 Å². The van der Waals surface area contributed by atoms with Crippen molar-refractivity contribution in [1.29, 1.82) is 0 Å². The molecule has 1 amide bonds. The molecular formula is C27H49NO3S2. The zero-order chi connectivity index (χ0) is 24.0. The van der Waals surface area contributed by atoms with E-state index in [0.717, 1.165) is 35.0 Å². The Morgan fingerprint density at radius 1 is 0.727 bits per heavy atom. The van der Waals surface area contributed by atoms with Gasteiger partial charge in [0.25, 0.3) is 5.91 Å². The minimum atomic E-state index is -0.487. The van der Waals surface area contributed by atoms with Gasteiger partial charge in [-0.25, -0.2) is 4.79 Å². The lowest BCUT2D eigenvalue weighted by atomic mass is 10.0. The van der Waals surface area contributed by atoms with Gasteiger partial charge in [0.2, 0.25) is 0 Å². The summed E-state index contributed by atoms with van der Waals surface area (Å²) in [5.74, 6) is 1.15. The predicted molar refractivity (Wildman–Crippen MR) is 146 cm³/mol. The lowest BCUT2D eigenvalue weighted by Gasteiger charge is -2.17. The summed E-state index contributed by atoms with van der Waals surface area (Å²) >= 11 is 3.20. The first-order chi connectivity index (χ1) is 16.2. The van der Waals surface area contributed by atoms with Crippen LogP contribution in [0.2, 0.25) is 0 Å². The molecule has 1 aliphatic rings. The van der Waals surface area contributed by atoms with E-state index in [1.807, 2.05) is 0 Å². The molecule has 0 saturated carbocycles. The molecule has 192 valence electrons. The number of nitrogens with one attached hydrogen (secondary N) is 1. The highest BCUT2D eigenvalue weighted by Gasteiger charge is 2.26. The summed E-state index contributed by atoms with van der Waals surface area (Å²) in [7, 11) is 0. The third kappa shape index (κ3) is 15.8. The maximum absolute atomic E-state index is 12.6. The zero-order valence-electron chi connectivity index (χ0n) is 21.4. The molecule has 33 heavy (non-hydrogen) atoms. The van der Waals surface area contributed by atoms with Gasteiger partial charge < -0.3 is 10.1 Å². The van der Waals surface area contributed by atoms with Gasteiger partial charge in [-0.2, -0.15) is 0 Å². The van der Waals surface area contributed by atoms with Gasteiger partial charge in [-0.3, -0.25) is 4.79 Å². The molecule has 0 aromatic rings. The summed E-state index contributed by atoms with van der Waals surface area (Å²) in [4.78, 5) is 24.9. The first-order valence-electron chi connectivity index (χ1n) is 13.7. The molecule has 4 nitrogen and oxygen atoms in total. The second-order valence-electron chi connectivity index (χ2n) is 8.99. The Balaban J connectivity index is 2.01. The van der Waals surface area contributed by atoms with Gasteiger partial charge in [0.1, 0.15) is 5.57 Å². The number of hydrogen-bond acceptors (Lipinski definition) is 5. The van der Waals surface area contributed by atoms with Crippen LogP contribution in [0.3, 0.4) is 0 Å². The van der Waals surface area contributed by atoms with Crippen molar-refractivity contribution in [3.63, 3.8) is 0 Å². The highest BCUT2D eigenvalue weighted by molar-refractivity contribution is 8.22. The van der Waals surface area contributed by atoms with Crippen molar-refractivity contribution in [3.8, 4) is 0 Å². The maximum Gasteiger partial charge on any atom is 0.345 e. The number of carbonyl (C=O) groups excluding carboxylic acids is 2. The molecule has 1 N–H and O–H groups in total. The average Bonchev–Trinajstić information content (AvgIpc) is 2.82. The van der Waals surface area contributed by atoms with E-state index in [1.54, 1.807) is 30.4 Å². The number of esters is 1. The topological polar surface area (TPSA) is 55.4 Å². The van der Waals surface area contributed by atoms with Crippen molar-refractivity contribution in [2.45, 2.75) is 123 Å². The van der Waals surface area contributed by atoms with Crippen molar-refractivity contribution < 1.29 is 14.3 Å². The minimum Gasteiger partial charge on any atom is -0.462 e. The van der Waals surface area contributed by atoms with Gasteiger partial charge >= 0.3 is 5.97 Å². The van der Waals surface area contributed by atoms with Gasteiger partial charge in [0.15, 0.2) is 0 Å². The average molecular weight is 500 g/mol. The Labute approximate surface area is 212 Å². The number of carbonyl (C=O) groups is 2. The van der Waals surface area contributed by atoms with Crippen molar-refractivity contribution in [3.05, 3.63) is 9.81 Å². The van der Waals surface area contributed by atoms with Crippen molar-refractivity contribution in [2.24, 2.45) is 0 Å². The van der Waals surface area contributed by atoms with E-state index < -0.39 is 5.97 Å². The monoisotopic (exact) mass is 499 g/mol. The molecular weight excluding hydrogens is 450 g/mol. The van der Waals surface area contributed by atoms with Gasteiger partial charge in [-0.1, -0.05) is 103 Å². The number of ether oxygens (including phenoxy) is 1. The Morgan fingerprint density at radius 3 is 1.64 bits per heavy atom. The fraction of sp³-hybridized carbons (Fsp3) is 0.852. The number of amides is 1. The van der Waals surface area contributed by atoms with Crippen LogP contribution >= 0.6 is 23.5 Å². The molecule has 0 bridgehead atoms. The molecule has 0 unspecified atom stereocenters. The first kappa shape index (κ1) is 30.4. The van der Waals surface area contributed by atoms with Crippen LogP contribution in [0.15, 0.2) is 9.81 Å². The van der Waals surface area contributed by atoms with Gasteiger partial charge in [-0.15, -0.1) is 23.5 Å². The second kappa shape index (κ2) is 21.9. The summed E-state index contributed by atoms with van der Waals surface area (Å²) in [6.07, 6.45) is 22.5. The van der Waals surface area contributed by atoms with E-state index in [9.17, 15) is 9.59 Å². The van der Waals surface area contributed by atoms with Crippen molar-refractivity contribution in [2.75, 3.05) is 24.7 Å². The molecule has 1 rings (SSSR count). The molecule has 1 aliphatic heterocycles. The van der Waals surface area contributed by atoms with Gasteiger partial charge in [0.05, 0.1) is 10.8 Å². The molecule has 0 aromatic carbocycles. The quantitative estimate of drug-likeness (QED) is 0.0604. The maximum atomic E-state index is 12.6. The molecule has 0 atom stereocenters. The molecule has 1 heterocycles. The lowest BCUT2D eigenvalue weighted by molar-refractivity contribution is -0.140. The van der Waals surface area contributed by atoms with Crippen LogP contribution in [0.4, 0.5) is 0 Å². The van der Waals surface area contributed by atoms with E-state index in [-0.39, 0.29) is 18.1 Å². The third-order valence-corrected chi connectivity index (χ3v) is 8.61. The van der Waals surface area contributed by atoms with E-state index in [0.29, 0.717) is 6.54 Å². The molecule has 0 spiro atoms. The number of hydrogen-bond donors (Lipinski definition) is 1. The summed E-state index contributed by atoms with van der Waals surface area (Å²) < 4.78 is 5.95. The van der Waals surface area contributed by atoms with E-state index in [4.69, 9.17) is 4.74 Å². The van der Waals surface area contributed by atoms with Crippen molar-refractivity contribution in [1.82, 2.24) is 5.32 Å². The molecule has 1 fully saturated rings. The molecule has 1 saturated heterocycles. The summed E-state index contributed by atoms with van der Waals surface area (Å²) in [5, 5.41) is 2.94. The van der Waals surface area contributed by atoms with Crippen LogP contribution in [-0.2, 0) is 14.3 Å². The largest absolute Gasteiger partial charge is 0.462 e. The molecule has 0 radical (unpaired) electrons. The SMILES string of the molecule is CCCCCCCCCCCCCCCCCCNC(=O)C(C(=O)OCC)=C1SCCCS1. The Kier molecular flexibility index (Phi) is 20.2. The smallest absolute Gasteiger partial charge is 0.345 e. The van der Waals surface area contributed by atoms with Crippen LogP contribution in [0.25, 0.3) is 0 Å². The van der Waals surface area contributed by atoms with Crippen LogP contribution < -0.4 is 5.32 Å². The zero-order valence-corrected chi connectivity index (χ0v) is 23.0. The lowest BCUT2D eigenvalue weighted by Crippen LogP contribution is -2.31. The molecule has 6 heteroatoms. The highest BCUT2D eigenvalue weighted by Crippen LogP contribution is 2.37. The Bertz CT molecular complexity index is 543.